The highest BCUT2D eigenvalue weighted by Crippen LogP contribution is 2.33. The second kappa shape index (κ2) is 5.86. The SMILES string of the molecule is CCN(CC(C)(C)O)C(=O)c1csc2c1CCC(C)C2. The van der Waals surface area contributed by atoms with Crippen molar-refractivity contribution in [1.82, 2.24) is 4.90 Å². The molecule has 1 aromatic rings. The van der Waals surface area contributed by atoms with Crippen molar-refractivity contribution in [3.05, 3.63) is 21.4 Å². The topological polar surface area (TPSA) is 40.5 Å². The van der Waals surface area contributed by atoms with Crippen LogP contribution in [-0.4, -0.2) is 34.6 Å². The standard InChI is InChI=1S/C16H25NO2S/c1-5-17(10-16(3,4)19)15(18)13-9-20-14-8-11(2)6-7-12(13)14/h9,11,19H,5-8,10H2,1-4H3. The fourth-order valence-corrected chi connectivity index (χ4v) is 4.06. The molecule has 0 radical (unpaired) electrons. The highest BCUT2D eigenvalue weighted by molar-refractivity contribution is 7.10. The quantitative estimate of drug-likeness (QED) is 0.927. The molecule has 1 aromatic heterocycles. The Morgan fingerprint density at radius 1 is 1.55 bits per heavy atom. The van der Waals surface area contributed by atoms with Crippen LogP contribution in [0.5, 0.6) is 0 Å². The number of aliphatic hydroxyl groups is 1. The number of hydrogen-bond acceptors (Lipinski definition) is 3. The van der Waals surface area contributed by atoms with Crippen LogP contribution in [0.25, 0.3) is 0 Å². The smallest absolute Gasteiger partial charge is 0.255 e. The fraction of sp³-hybridized carbons (Fsp3) is 0.688. The normalized spacial score (nSPS) is 18.8. The zero-order chi connectivity index (χ0) is 14.9. The monoisotopic (exact) mass is 295 g/mol. The highest BCUT2D eigenvalue weighted by Gasteiger charge is 2.27. The van der Waals surface area contributed by atoms with E-state index in [-0.39, 0.29) is 5.91 Å². The van der Waals surface area contributed by atoms with Crippen molar-refractivity contribution in [2.75, 3.05) is 13.1 Å². The van der Waals surface area contributed by atoms with E-state index in [0.29, 0.717) is 13.1 Å². The summed E-state index contributed by atoms with van der Waals surface area (Å²) in [5.41, 5.74) is 1.27. The van der Waals surface area contributed by atoms with Gasteiger partial charge in [0.05, 0.1) is 11.2 Å². The van der Waals surface area contributed by atoms with Crippen molar-refractivity contribution in [3.63, 3.8) is 0 Å². The van der Waals surface area contributed by atoms with Crippen molar-refractivity contribution in [1.29, 1.82) is 0 Å². The molecule has 0 bridgehead atoms. The Labute approximate surface area is 125 Å². The van der Waals surface area contributed by atoms with E-state index >= 15 is 0 Å². The van der Waals surface area contributed by atoms with E-state index in [1.165, 1.54) is 16.9 Å². The molecule has 0 aromatic carbocycles. The largest absolute Gasteiger partial charge is 0.389 e. The molecule has 1 heterocycles. The third kappa shape index (κ3) is 3.41. The lowest BCUT2D eigenvalue weighted by molar-refractivity contribution is 0.0314. The first-order chi connectivity index (χ1) is 9.31. The predicted molar refractivity (Wildman–Crippen MR) is 83.4 cm³/mol. The molecule has 1 N–H and O–H groups in total. The van der Waals surface area contributed by atoms with Gasteiger partial charge in [0.15, 0.2) is 0 Å². The Bertz CT molecular complexity index is 487. The Kier molecular flexibility index (Phi) is 4.55. The van der Waals surface area contributed by atoms with Gasteiger partial charge in [-0.3, -0.25) is 4.79 Å². The van der Waals surface area contributed by atoms with Gasteiger partial charge in [0.1, 0.15) is 0 Å². The predicted octanol–water partition coefficient (Wildman–Crippen LogP) is 3.11. The maximum atomic E-state index is 12.7. The van der Waals surface area contributed by atoms with Crippen molar-refractivity contribution >= 4 is 17.2 Å². The van der Waals surface area contributed by atoms with Crippen LogP contribution in [0.4, 0.5) is 0 Å². The summed E-state index contributed by atoms with van der Waals surface area (Å²) in [6.45, 7) is 8.73. The van der Waals surface area contributed by atoms with Crippen LogP contribution < -0.4 is 0 Å². The van der Waals surface area contributed by atoms with Gasteiger partial charge in [-0.15, -0.1) is 11.3 Å². The Hall–Kier alpha value is -0.870. The molecule has 1 unspecified atom stereocenters. The van der Waals surface area contributed by atoms with Gasteiger partial charge in [-0.25, -0.2) is 0 Å². The number of likely N-dealkylation sites (N-methyl/N-ethyl adjacent to an activating group) is 1. The van der Waals surface area contributed by atoms with Crippen LogP contribution in [-0.2, 0) is 12.8 Å². The number of thiophene rings is 1. The van der Waals surface area contributed by atoms with E-state index in [4.69, 9.17) is 0 Å². The summed E-state index contributed by atoms with van der Waals surface area (Å²) in [4.78, 5) is 15.8. The van der Waals surface area contributed by atoms with Crippen LogP contribution in [0, 0.1) is 5.92 Å². The average Bonchev–Trinajstić information content (AvgIpc) is 2.76. The third-order valence-electron chi connectivity index (χ3n) is 3.88. The van der Waals surface area contributed by atoms with Gasteiger partial charge in [-0.2, -0.15) is 0 Å². The number of rotatable bonds is 4. The zero-order valence-electron chi connectivity index (χ0n) is 12.9. The van der Waals surface area contributed by atoms with Gasteiger partial charge in [0.2, 0.25) is 0 Å². The third-order valence-corrected chi connectivity index (χ3v) is 4.93. The van der Waals surface area contributed by atoms with E-state index in [1.807, 2.05) is 12.3 Å². The molecule has 0 spiro atoms. The number of amides is 1. The average molecular weight is 295 g/mol. The van der Waals surface area contributed by atoms with Gasteiger partial charge in [-0.1, -0.05) is 6.92 Å². The molecule has 0 aliphatic heterocycles. The Balaban J connectivity index is 2.21. The van der Waals surface area contributed by atoms with E-state index in [1.54, 1.807) is 30.1 Å². The number of carbonyl (C=O) groups is 1. The summed E-state index contributed by atoms with van der Waals surface area (Å²) in [6.07, 6.45) is 3.29. The van der Waals surface area contributed by atoms with Crippen LogP contribution in [0.15, 0.2) is 5.38 Å². The number of fused-ring (bicyclic) bond motifs is 1. The first-order valence-electron chi connectivity index (χ1n) is 7.42. The molecule has 3 nitrogen and oxygen atoms in total. The van der Waals surface area contributed by atoms with E-state index < -0.39 is 5.60 Å². The summed E-state index contributed by atoms with van der Waals surface area (Å²) in [7, 11) is 0. The van der Waals surface area contributed by atoms with Crippen molar-refractivity contribution in [2.24, 2.45) is 5.92 Å². The maximum absolute atomic E-state index is 12.7. The van der Waals surface area contributed by atoms with Crippen LogP contribution in [0.3, 0.4) is 0 Å². The lowest BCUT2D eigenvalue weighted by Gasteiger charge is -2.28. The molecule has 1 aliphatic rings. The molecule has 1 amide bonds. The lowest BCUT2D eigenvalue weighted by Crippen LogP contribution is -2.42. The van der Waals surface area contributed by atoms with Crippen LogP contribution in [0.1, 0.15) is 54.9 Å². The highest BCUT2D eigenvalue weighted by atomic mass is 32.1. The zero-order valence-corrected chi connectivity index (χ0v) is 13.7. The lowest BCUT2D eigenvalue weighted by atomic mass is 9.88. The number of carbonyl (C=O) groups excluding carboxylic acids is 1. The molecule has 1 atom stereocenters. The maximum Gasteiger partial charge on any atom is 0.255 e. The van der Waals surface area contributed by atoms with Gasteiger partial charge in [0.25, 0.3) is 5.91 Å². The first kappa shape index (κ1) is 15.5. The van der Waals surface area contributed by atoms with Crippen molar-refractivity contribution in [2.45, 2.75) is 52.6 Å². The van der Waals surface area contributed by atoms with Crippen molar-refractivity contribution < 1.29 is 9.90 Å². The first-order valence-corrected chi connectivity index (χ1v) is 8.30. The van der Waals surface area contributed by atoms with E-state index in [0.717, 1.165) is 24.3 Å². The van der Waals surface area contributed by atoms with Crippen molar-refractivity contribution in [3.8, 4) is 0 Å². The van der Waals surface area contributed by atoms with Gasteiger partial charge >= 0.3 is 0 Å². The van der Waals surface area contributed by atoms with E-state index in [2.05, 4.69) is 6.92 Å². The van der Waals surface area contributed by atoms with Gasteiger partial charge < -0.3 is 10.0 Å². The molecule has 112 valence electrons. The second-order valence-corrected chi connectivity index (χ2v) is 7.50. The molecular weight excluding hydrogens is 270 g/mol. The Morgan fingerprint density at radius 3 is 2.85 bits per heavy atom. The minimum atomic E-state index is -0.851. The Morgan fingerprint density at radius 2 is 2.25 bits per heavy atom. The minimum Gasteiger partial charge on any atom is -0.389 e. The van der Waals surface area contributed by atoms with E-state index in [9.17, 15) is 9.90 Å². The molecule has 1 aliphatic carbocycles. The number of nitrogens with zero attached hydrogens (tertiary/aromatic N) is 1. The molecule has 20 heavy (non-hydrogen) atoms. The molecule has 0 saturated heterocycles. The number of hydrogen-bond donors (Lipinski definition) is 1. The van der Waals surface area contributed by atoms with Gasteiger partial charge in [0, 0.05) is 23.3 Å². The molecule has 4 heteroatoms. The molecular formula is C16H25NO2S. The minimum absolute atomic E-state index is 0.0710. The summed E-state index contributed by atoms with van der Waals surface area (Å²) in [5.74, 6) is 0.796. The second-order valence-electron chi connectivity index (χ2n) is 6.53. The van der Waals surface area contributed by atoms with Crippen LogP contribution in [0.2, 0.25) is 0 Å². The summed E-state index contributed by atoms with van der Waals surface area (Å²) >= 11 is 1.72. The summed E-state index contributed by atoms with van der Waals surface area (Å²) < 4.78 is 0. The van der Waals surface area contributed by atoms with Crippen LogP contribution >= 0.6 is 11.3 Å². The molecule has 0 saturated carbocycles. The fourth-order valence-electron chi connectivity index (χ4n) is 2.82. The summed E-state index contributed by atoms with van der Waals surface area (Å²) in [6, 6.07) is 0. The summed E-state index contributed by atoms with van der Waals surface area (Å²) in [5, 5.41) is 12.0. The molecule has 2 rings (SSSR count). The van der Waals surface area contributed by atoms with Gasteiger partial charge in [-0.05, 0) is 51.5 Å². The molecule has 0 fully saturated rings.